The number of aromatic amines is 1. The number of nitrogens with one attached hydrogen (secondary N) is 1. The zero-order valence-electron chi connectivity index (χ0n) is 9.20. The first-order valence-electron chi connectivity index (χ1n) is 5.20. The lowest BCUT2D eigenvalue weighted by Gasteiger charge is -2.06. The number of H-pyrrole nitrogens is 1. The highest BCUT2D eigenvalue weighted by molar-refractivity contribution is 7.71. The molecule has 0 fully saturated rings. The van der Waals surface area contributed by atoms with Crippen LogP contribution in [0, 0.1) is 10.6 Å². The fraction of sp³-hybridized carbons (Fsp3) is 0.273. The van der Waals surface area contributed by atoms with Gasteiger partial charge in [0.05, 0.1) is 0 Å². The topological polar surface area (TPSA) is 33.6 Å². The van der Waals surface area contributed by atoms with Crippen LogP contribution in [0.3, 0.4) is 0 Å². The summed E-state index contributed by atoms with van der Waals surface area (Å²) in [6, 6.07) is 4.63. The van der Waals surface area contributed by atoms with Crippen LogP contribution in [0.5, 0.6) is 0 Å². The van der Waals surface area contributed by atoms with E-state index < -0.39 is 0 Å². The maximum atomic E-state index is 13.6. The molecule has 1 aromatic carbocycles. The quantitative estimate of drug-likeness (QED) is 0.869. The van der Waals surface area contributed by atoms with Gasteiger partial charge in [-0.05, 0) is 31.3 Å². The number of hydrogen-bond donors (Lipinski definition) is 1. The second kappa shape index (κ2) is 4.98. The van der Waals surface area contributed by atoms with Crippen LogP contribution in [0.1, 0.15) is 18.3 Å². The molecular formula is C11H11ClFN3S. The van der Waals surface area contributed by atoms with Crippen LogP contribution >= 0.6 is 23.8 Å². The molecule has 0 radical (unpaired) electrons. The van der Waals surface area contributed by atoms with Gasteiger partial charge in [-0.15, -0.1) is 0 Å². The van der Waals surface area contributed by atoms with Gasteiger partial charge in [-0.2, -0.15) is 5.10 Å². The number of benzene rings is 1. The van der Waals surface area contributed by atoms with Crippen LogP contribution in [0.15, 0.2) is 18.2 Å². The van der Waals surface area contributed by atoms with Crippen molar-refractivity contribution < 1.29 is 4.39 Å². The van der Waals surface area contributed by atoms with Crippen LogP contribution in [-0.4, -0.2) is 14.8 Å². The molecule has 0 saturated carbocycles. The van der Waals surface area contributed by atoms with Crippen molar-refractivity contribution in [1.82, 2.24) is 14.8 Å². The average molecular weight is 272 g/mol. The largest absolute Gasteiger partial charge is 0.304 e. The second-order valence-electron chi connectivity index (χ2n) is 3.57. The van der Waals surface area contributed by atoms with Crippen molar-refractivity contribution >= 4 is 23.8 Å². The average Bonchev–Trinajstić information content (AvgIpc) is 2.64. The van der Waals surface area contributed by atoms with Crippen LogP contribution < -0.4 is 0 Å². The van der Waals surface area contributed by atoms with Crippen LogP contribution in [0.2, 0.25) is 5.02 Å². The molecule has 0 aliphatic rings. The Balaban J connectivity index is 2.41. The predicted molar refractivity (Wildman–Crippen MR) is 67.3 cm³/mol. The first kappa shape index (κ1) is 12.3. The van der Waals surface area contributed by atoms with E-state index in [0.717, 1.165) is 0 Å². The molecule has 17 heavy (non-hydrogen) atoms. The molecule has 1 N–H and O–H groups in total. The summed E-state index contributed by atoms with van der Waals surface area (Å²) in [5, 5.41) is 7.19. The maximum Gasteiger partial charge on any atom is 0.195 e. The first-order valence-corrected chi connectivity index (χ1v) is 5.99. The van der Waals surface area contributed by atoms with E-state index in [2.05, 4.69) is 10.2 Å². The van der Waals surface area contributed by atoms with Gasteiger partial charge in [-0.1, -0.05) is 17.7 Å². The fourth-order valence-electron chi connectivity index (χ4n) is 1.67. The summed E-state index contributed by atoms with van der Waals surface area (Å²) in [7, 11) is 0. The van der Waals surface area contributed by atoms with Gasteiger partial charge in [0.1, 0.15) is 11.6 Å². The highest BCUT2D eigenvalue weighted by Crippen LogP contribution is 2.21. The van der Waals surface area contributed by atoms with Crippen molar-refractivity contribution in [3.8, 4) is 0 Å². The summed E-state index contributed by atoms with van der Waals surface area (Å²) < 4.78 is 16.0. The van der Waals surface area contributed by atoms with E-state index in [-0.39, 0.29) is 5.82 Å². The highest BCUT2D eigenvalue weighted by atomic mass is 35.5. The van der Waals surface area contributed by atoms with E-state index in [1.54, 1.807) is 12.1 Å². The van der Waals surface area contributed by atoms with Crippen molar-refractivity contribution in [3.05, 3.63) is 45.2 Å². The van der Waals surface area contributed by atoms with Crippen LogP contribution in [0.25, 0.3) is 0 Å². The predicted octanol–water partition coefficient (Wildman–Crippen LogP) is 3.34. The monoisotopic (exact) mass is 271 g/mol. The normalized spacial score (nSPS) is 10.8. The number of halogens is 2. The van der Waals surface area contributed by atoms with Gasteiger partial charge in [0.25, 0.3) is 0 Å². The molecule has 1 heterocycles. The van der Waals surface area contributed by atoms with E-state index in [9.17, 15) is 4.39 Å². The maximum absolute atomic E-state index is 13.6. The van der Waals surface area contributed by atoms with Crippen molar-refractivity contribution in [2.24, 2.45) is 0 Å². The molecule has 2 aromatic rings. The zero-order chi connectivity index (χ0) is 12.4. The summed E-state index contributed by atoms with van der Waals surface area (Å²) >= 11 is 11.0. The molecule has 0 bridgehead atoms. The summed E-state index contributed by atoms with van der Waals surface area (Å²) in [4.78, 5) is 0. The van der Waals surface area contributed by atoms with E-state index in [0.29, 0.717) is 34.1 Å². The molecule has 2 rings (SSSR count). The lowest BCUT2D eigenvalue weighted by molar-refractivity contribution is 0.607. The minimum absolute atomic E-state index is 0.325. The smallest absolute Gasteiger partial charge is 0.195 e. The molecule has 1 aromatic heterocycles. The van der Waals surface area contributed by atoms with Gasteiger partial charge in [0.2, 0.25) is 0 Å². The molecule has 0 spiro atoms. The van der Waals surface area contributed by atoms with Crippen molar-refractivity contribution in [2.75, 3.05) is 0 Å². The van der Waals surface area contributed by atoms with E-state index in [1.165, 1.54) is 6.07 Å². The Bertz CT molecular complexity index is 570. The molecule has 0 atom stereocenters. The molecule has 90 valence electrons. The molecule has 6 heteroatoms. The number of aromatic nitrogens is 3. The third kappa shape index (κ3) is 2.40. The summed E-state index contributed by atoms with van der Waals surface area (Å²) in [6.45, 7) is 2.65. The van der Waals surface area contributed by atoms with E-state index >= 15 is 0 Å². The second-order valence-corrected chi connectivity index (χ2v) is 4.36. The Morgan fingerprint density at radius 3 is 2.94 bits per heavy atom. The van der Waals surface area contributed by atoms with Gasteiger partial charge in [-0.25, -0.2) is 4.39 Å². The summed E-state index contributed by atoms with van der Waals surface area (Å²) in [6.07, 6.45) is 0.326. The minimum Gasteiger partial charge on any atom is -0.304 e. The molecule has 0 unspecified atom stereocenters. The molecule has 0 aliphatic heterocycles. The fourth-order valence-corrected chi connectivity index (χ4v) is 2.18. The van der Waals surface area contributed by atoms with Gasteiger partial charge in [-0.3, -0.25) is 5.10 Å². The SMILES string of the molecule is CCn1c(Cc2c(F)cccc2Cl)n[nH]c1=S. The highest BCUT2D eigenvalue weighted by Gasteiger charge is 2.12. The number of rotatable bonds is 3. The molecule has 0 aliphatic carbocycles. The van der Waals surface area contributed by atoms with Crippen LogP contribution in [0.4, 0.5) is 4.39 Å². The summed E-state index contributed by atoms with van der Waals surface area (Å²) in [5.41, 5.74) is 0.442. The standard InChI is InChI=1S/C11H11ClFN3S/c1-2-16-10(14-15-11(16)17)6-7-8(12)4-3-5-9(7)13/h3-5H,2,6H2,1H3,(H,15,17). The Hall–Kier alpha value is -1.20. The van der Waals surface area contributed by atoms with Crippen LogP contribution in [-0.2, 0) is 13.0 Å². The Morgan fingerprint density at radius 2 is 2.29 bits per heavy atom. The summed E-state index contributed by atoms with van der Waals surface area (Å²) in [5.74, 6) is 0.360. The van der Waals surface area contributed by atoms with Crippen molar-refractivity contribution in [1.29, 1.82) is 0 Å². The minimum atomic E-state index is -0.325. The van der Waals surface area contributed by atoms with Gasteiger partial charge < -0.3 is 4.57 Å². The lowest BCUT2D eigenvalue weighted by Crippen LogP contribution is -2.04. The third-order valence-electron chi connectivity index (χ3n) is 2.55. The Morgan fingerprint density at radius 1 is 1.53 bits per heavy atom. The van der Waals surface area contributed by atoms with Crippen molar-refractivity contribution in [2.45, 2.75) is 19.9 Å². The van der Waals surface area contributed by atoms with E-state index in [1.807, 2.05) is 11.5 Å². The molecular weight excluding hydrogens is 261 g/mol. The zero-order valence-corrected chi connectivity index (χ0v) is 10.8. The first-order chi connectivity index (χ1) is 8.13. The molecule has 3 nitrogen and oxygen atoms in total. The number of nitrogens with zero attached hydrogens (tertiary/aromatic N) is 2. The van der Waals surface area contributed by atoms with E-state index in [4.69, 9.17) is 23.8 Å². The van der Waals surface area contributed by atoms with Gasteiger partial charge in [0.15, 0.2) is 4.77 Å². The lowest BCUT2D eigenvalue weighted by atomic mass is 10.1. The number of hydrogen-bond acceptors (Lipinski definition) is 2. The van der Waals surface area contributed by atoms with Gasteiger partial charge in [0, 0.05) is 23.6 Å². The Labute approximate surface area is 108 Å². The molecule has 0 amide bonds. The van der Waals surface area contributed by atoms with Gasteiger partial charge >= 0.3 is 0 Å². The Kier molecular flexibility index (Phi) is 3.59. The van der Waals surface area contributed by atoms with Crippen molar-refractivity contribution in [3.63, 3.8) is 0 Å². The molecule has 0 saturated heterocycles. The third-order valence-corrected chi connectivity index (χ3v) is 3.22.